The monoisotopic (exact) mass is 157 g/mol. The first-order chi connectivity index (χ1) is 4.81. The number of rotatable bonds is 0. The summed E-state index contributed by atoms with van der Waals surface area (Å²) in [6, 6.07) is 0. The Labute approximate surface area is 67.0 Å². The van der Waals surface area contributed by atoms with Crippen molar-refractivity contribution >= 4 is 11.8 Å². The van der Waals surface area contributed by atoms with E-state index >= 15 is 0 Å². The fourth-order valence-corrected chi connectivity index (χ4v) is 3.58. The van der Waals surface area contributed by atoms with Gasteiger partial charge in [-0.1, -0.05) is 6.92 Å². The van der Waals surface area contributed by atoms with Crippen molar-refractivity contribution in [3.8, 4) is 0 Å². The zero-order valence-electron chi connectivity index (χ0n) is 6.52. The maximum atomic E-state index is 3.63. The number of hydrogen-bond donors (Lipinski definition) is 1. The van der Waals surface area contributed by atoms with Crippen LogP contribution in [0.3, 0.4) is 0 Å². The molecule has 58 valence electrons. The summed E-state index contributed by atoms with van der Waals surface area (Å²) in [5.74, 6) is 2.28. The molecule has 0 bridgehead atoms. The number of thioether (sulfide) groups is 1. The normalized spacial score (nSPS) is 47.1. The molecule has 1 saturated carbocycles. The van der Waals surface area contributed by atoms with Gasteiger partial charge in [-0.05, 0) is 25.2 Å². The van der Waals surface area contributed by atoms with Crippen molar-refractivity contribution in [1.82, 2.24) is 5.32 Å². The fourth-order valence-electron chi connectivity index (χ4n) is 2.11. The topological polar surface area (TPSA) is 12.0 Å². The molecule has 2 aliphatic rings. The van der Waals surface area contributed by atoms with Crippen LogP contribution < -0.4 is 5.32 Å². The molecular weight excluding hydrogens is 142 g/mol. The maximum Gasteiger partial charge on any atom is 0.0648 e. The van der Waals surface area contributed by atoms with Gasteiger partial charge in [0.1, 0.15) is 0 Å². The van der Waals surface area contributed by atoms with Crippen molar-refractivity contribution in [2.45, 2.75) is 31.1 Å². The molecule has 0 aromatic heterocycles. The molecule has 1 spiro atoms. The lowest BCUT2D eigenvalue weighted by molar-refractivity contribution is 0.494. The van der Waals surface area contributed by atoms with E-state index < -0.39 is 0 Å². The van der Waals surface area contributed by atoms with Gasteiger partial charge in [0.15, 0.2) is 0 Å². The third-order valence-electron chi connectivity index (χ3n) is 2.65. The van der Waals surface area contributed by atoms with Crippen LogP contribution in [0.5, 0.6) is 0 Å². The van der Waals surface area contributed by atoms with Crippen LogP contribution in [0.25, 0.3) is 0 Å². The Balaban J connectivity index is 2.03. The van der Waals surface area contributed by atoms with Crippen molar-refractivity contribution < 1.29 is 0 Å². The highest BCUT2D eigenvalue weighted by Crippen LogP contribution is 2.44. The molecule has 1 saturated heterocycles. The molecule has 1 aliphatic heterocycles. The van der Waals surface area contributed by atoms with E-state index in [9.17, 15) is 0 Å². The summed E-state index contributed by atoms with van der Waals surface area (Å²) in [5, 5.41) is 3.63. The van der Waals surface area contributed by atoms with Crippen molar-refractivity contribution in [2.24, 2.45) is 5.92 Å². The van der Waals surface area contributed by atoms with E-state index in [4.69, 9.17) is 0 Å². The highest BCUT2D eigenvalue weighted by atomic mass is 32.2. The summed E-state index contributed by atoms with van der Waals surface area (Å²) < 4.78 is 0. The van der Waals surface area contributed by atoms with Gasteiger partial charge in [0.2, 0.25) is 0 Å². The minimum absolute atomic E-state index is 0.527. The van der Waals surface area contributed by atoms with Gasteiger partial charge in [-0.25, -0.2) is 0 Å². The van der Waals surface area contributed by atoms with Crippen molar-refractivity contribution in [1.29, 1.82) is 0 Å². The average Bonchev–Trinajstić information content (AvgIpc) is 2.46. The summed E-state index contributed by atoms with van der Waals surface area (Å²) in [6.45, 7) is 3.60. The third kappa shape index (κ3) is 1.08. The Kier molecular flexibility index (Phi) is 1.69. The molecule has 2 atom stereocenters. The van der Waals surface area contributed by atoms with Gasteiger partial charge >= 0.3 is 0 Å². The molecule has 2 rings (SSSR count). The molecule has 2 unspecified atom stereocenters. The van der Waals surface area contributed by atoms with Gasteiger partial charge in [0.05, 0.1) is 4.87 Å². The van der Waals surface area contributed by atoms with Gasteiger partial charge in [-0.15, -0.1) is 11.8 Å². The predicted molar refractivity (Wildman–Crippen MR) is 46.2 cm³/mol. The van der Waals surface area contributed by atoms with Gasteiger partial charge in [0.25, 0.3) is 0 Å². The van der Waals surface area contributed by atoms with Crippen molar-refractivity contribution in [2.75, 3.05) is 12.3 Å². The first-order valence-corrected chi connectivity index (χ1v) is 5.18. The molecule has 0 aromatic rings. The number of nitrogens with one attached hydrogen (secondary N) is 1. The molecular formula is C8H15NS. The molecule has 1 nitrogen and oxygen atoms in total. The van der Waals surface area contributed by atoms with E-state index in [1.807, 2.05) is 0 Å². The van der Waals surface area contributed by atoms with E-state index in [1.165, 1.54) is 31.6 Å². The predicted octanol–water partition coefficient (Wildman–Crippen LogP) is 1.84. The van der Waals surface area contributed by atoms with E-state index in [-0.39, 0.29) is 0 Å². The van der Waals surface area contributed by atoms with Crippen LogP contribution in [0.4, 0.5) is 0 Å². The minimum atomic E-state index is 0.527. The van der Waals surface area contributed by atoms with Crippen LogP contribution in [-0.2, 0) is 0 Å². The molecule has 1 aliphatic carbocycles. The second-order valence-electron chi connectivity index (χ2n) is 3.62. The zero-order chi connectivity index (χ0) is 7.03. The van der Waals surface area contributed by atoms with Crippen LogP contribution in [0, 0.1) is 5.92 Å². The second-order valence-corrected chi connectivity index (χ2v) is 5.10. The van der Waals surface area contributed by atoms with Crippen LogP contribution in [-0.4, -0.2) is 17.2 Å². The first kappa shape index (κ1) is 6.99. The van der Waals surface area contributed by atoms with Crippen LogP contribution in [0.2, 0.25) is 0 Å². The molecule has 10 heavy (non-hydrogen) atoms. The van der Waals surface area contributed by atoms with Gasteiger partial charge < -0.3 is 5.32 Å². The summed E-state index contributed by atoms with van der Waals surface area (Å²) in [6.07, 6.45) is 4.23. The Morgan fingerprint density at radius 3 is 3.00 bits per heavy atom. The molecule has 0 aromatic carbocycles. The van der Waals surface area contributed by atoms with Gasteiger partial charge in [-0.2, -0.15) is 0 Å². The highest BCUT2D eigenvalue weighted by molar-refractivity contribution is 8.00. The summed E-state index contributed by atoms with van der Waals surface area (Å²) >= 11 is 2.14. The SMILES string of the molecule is CC1CCC2(C1)NCCS2. The Morgan fingerprint density at radius 2 is 2.50 bits per heavy atom. The van der Waals surface area contributed by atoms with E-state index in [2.05, 4.69) is 24.0 Å². The number of hydrogen-bond acceptors (Lipinski definition) is 2. The zero-order valence-corrected chi connectivity index (χ0v) is 7.34. The quantitative estimate of drug-likeness (QED) is 0.576. The van der Waals surface area contributed by atoms with E-state index in [1.54, 1.807) is 0 Å². The van der Waals surface area contributed by atoms with E-state index in [0.717, 1.165) is 5.92 Å². The van der Waals surface area contributed by atoms with Crippen molar-refractivity contribution in [3.05, 3.63) is 0 Å². The molecule has 2 heteroatoms. The van der Waals surface area contributed by atoms with Crippen LogP contribution in [0.1, 0.15) is 26.2 Å². The lowest BCUT2D eigenvalue weighted by Gasteiger charge is -2.21. The van der Waals surface area contributed by atoms with Crippen molar-refractivity contribution in [3.63, 3.8) is 0 Å². The molecule has 0 radical (unpaired) electrons. The lowest BCUT2D eigenvalue weighted by atomic mass is 10.1. The van der Waals surface area contributed by atoms with Gasteiger partial charge in [-0.3, -0.25) is 0 Å². The standard InChI is InChI=1S/C8H15NS/c1-7-2-3-8(6-7)9-4-5-10-8/h7,9H,2-6H2,1H3. The summed E-state index contributed by atoms with van der Waals surface area (Å²) in [5.41, 5.74) is 0. The third-order valence-corrected chi connectivity index (χ3v) is 4.12. The Morgan fingerprint density at radius 1 is 1.60 bits per heavy atom. The van der Waals surface area contributed by atoms with E-state index in [0.29, 0.717) is 4.87 Å². The van der Waals surface area contributed by atoms with Crippen LogP contribution in [0.15, 0.2) is 0 Å². The lowest BCUT2D eigenvalue weighted by Crippen LogP contribution is -2.33. The molecule has 0 amide bonds. The summed E-state index contributed by atoms with van der Waals surface area (Å²) in [4.78, 5) is 0.527. The van der Waals surface area contributed by atoms with Gasteiger partial charge in [0, 0.05) is 12.3 Å². The summed E-state index contributed by atoms with van der Waals surface area (Å²) in [7, 11) is 0. The second kappa shape index (κ2) is 2.42. The Hall–Kier alpha value is 0.310. The Bertz CT molecular complexity index is 129. The molecule has 2 fully saturated rings. The largest absolute Gasteiger partial charge is 0.302 e. The minimum Gasteiger partial charge on any atom is -0.302 e. The smallest absolute Gasteiger partial charge is 0.0648 e. The highest BCUT2D eigenvalue weighted by Gasteiger charge is 2.39. The molecule has 1 heterocycles. The van der Waals surface area contributed by atoms with Crippen LogP contribution >= 0.6 is 11.8 Å². The maximum absolute atomic E-state index is 3.63. The average molecular weight is 157 g/mol. The first-order valence-electron chi connectivity index (χ1n) is 4.20. The molecule has 1 N–H and O–H groups in total. The fraction of sp³-hybridized carbons (Fsp3) is 1.00.